The van der Waals surface area contributed by atoms with Crippen molar-refractivity contribution < 1.29 is 4.74 Å². The van der Waals surface area contributed by atoms with E-state index in [0.717, 1.165) is 12.5 Å². The third-order valence-corrected chi connectivity index (χ3v) is 2.91. The van der Waals surface area contributed by atoms with E-state index >= 15 is 0 Å². The first-order valence-electron chi connectivity index (χ1n) is 6.07. The number of nitrogens with zero attached hydrogens (tertiary/aromatic N) is 3. The van der Waals surface area contributed by atoms with E-state index in [-0.39, 0.29) is 12.0 Å². The average molecular weight is 237 g/mol. The van der Waals surface area contributed by atoms with E-state index in [0.29, 0.717) is 18.5 Å². The lowest BCUT2D eigenvalue weighted by Gasteiger charge is -2.11. The van der Waals surface area contributed by atoms with Crippen molar-refractivity contribution in [3.63, 3.8) is 0 Å². The van der Waals surface area contributed by atoms with Crippen LogP contribution >= 0.6 is 0 Å². The molecule has 1 heterocycles. The molecule has 0 radical (unpaired) electrons. The maximum absolute atomic E-state index is 5.59. The lowest BCUT2D eigenvalue weighted by atomic mass is 10.1. The Morgan fingerprint density at radius 1 is 1.41 bits per heavy atom. The van der Waals surface area contributed by atoms with Crippen LogP contribution in [0.25, 0.3) is 0 Å². The van der Waals surface area contributed by atoms with E-state index in [9.17, 15) is 0 Å². The fraction of sp³-hybridized carbons (Fsp3) is 0.727. The normalized spacial score (nSPS) is 16.6. The van der Waals surface area contributed by atoms with Crippen molar-refractivity contribution in [1.29, 1.82) is 0 Å². The van der Waals surface area contributed by atoms with Gasteiger partial charge in [0.1, 0.15) is 0 Å². The molecule has 1 aliphatic rings. The summed E-state index contributed by atoms with van der Waals surface area (Å²) in [6, 6.07) is 0.279. The summed E-state index contributed by atoms with van der Waals surface area (Å²) < 4.78 is 5.21. The van der Waals surface area contributed by atoms with Crippen LogP contribution in [0.4, 0.5) is 11.9 Å². The van der Waals surface area contributed by atoms with Gasteiger partial charge in [-0.2, -0.15) is 15.0 Å². The molecule has 0 saturated heterocycles. The predicted octanol–water partition coefficient (Wildman–Crippen LogP) is 1.31. The van der Waals surface area contributed by atoms with Crippen LogP contribution in [0.1, 0.15) is 26.7 Å². The molecular formula is C11H19N5O. The van der Waals surface area contributed by atoms with E-state index in [1.54, 1.807) is 0 Å². The largest absolute Gasteiger partial charge is 0.464 e. The fourth-order valence-electron chi connectivity index (χ4n) is 1.73. The molecule has 6 heteroatoms. The van der Waals surface area contributed by atoms with Crippen molar-refractivity contribution in [2.24, 2.45) is 11.8 Å². The number of aromatic nitrogens is 3. The zero-order chi connectivity index (χ0) is 12.3. The molecule has 2 rings (SSSR count). The number of nitrogens with one attached hydrogen (secondary N) is 1. The second-order valence-electron chi connectivity index (χ2n) is 4.43. The van der Waals surface area contributed by atoms with Gasteiger partial charge >= 0.3 is 6.01 Å². The van der Waals surface area contributed by atoms with Crippen LogP contribution in [0, 0.1) is 11.8 Å². The van der Waals surface area contributed by atoms with Crippen LogP contribution in [0.3, 0.4) is 0 Å². The quantitative estimate of drug-likeness (QED) is 0.775. The molecule has 0 bridgehead atoms. The minimum absolute atomic E-state index is 0.185. The fourth-order valence-corrected chi connectivity index (χ4v) is 1.73. The summed E-state index contributed by atoms with van der Waals surface area (Å²) in [6.45, 7) is 5.49. The number of hydrogen-bond donors (Lipinski definition) is 2. The highest BCUT2D eigenvalue weighted by Gasteiger charge is 2.27. The molecule has 1 fully saturated rings. The monoisotopic (exact) mass is 237 g/mol. The molecule has 1 aromatic heterocycles. The number of ether oxygens (including phenoxy) is 1. The Hall–Kier alpha value is -1.59. The molecule has 0 spiro atoms. The van der Waals surface area contributed by atoms with Gasteiger partial charge in [0, 0.05) is 6.54 Å². The molecule has 94 valence electrons. The predicted molar refractivity (Wildman–Crippen MR) is 65.8 cm³/mol. The molecule has 1 atom stereocenters. The van der Waals surface area contributed by atoms with Gasteiger partial charge in [0.25, 0.3) is 0 Å². The van der Waals surface area contributed by atoms with Gasteiger partial charge in [-0.1, -0.05) is 6.92 Å². The molecule has 1 saturated carbocycles. The van der Waals surface area contributed by atoms with Gasteiger partial charge in [-0.15, -0.1) is 0 Å². The van der Waals surface area contributed by atoms with E-state index in [2.05, 4.69) is 27.2 Å². The van der Waals surface area contributed by atoms with Crippen molar-refractivity contribution in [1.82, 2.24) is 15.0 Å². The Bertz CT molecular complexity index is 380. The molecule has 1 unspecified atom stereocenters. The van der Waals surface area contributed by atoms with Crippen molar-refractivity contribution in [2.75, 3.05) is 24.2 Å². The maximum Gasteiger partial charge on any atom is 0.323 e. The highest BCUT2D eigenvalue weighted by molar-refractivity contribution is 5.32. The Morgan fingerprint density at radius 3 is 2.82 bits per heavy atom. The van der Waals surface area contributed by atoms with Crippen molar-refractivity contribution in [2.45, 2.75) is 26.7 Å². The van der Waals surface area contributed by atoms with Crippen molar-refractivity contribution >= 4 is 11.9 Å². The standard InChI is InChI=1S/C11H19N5O/c1-3-17-11-15-9(12)14-10(16-11)13-6-7(2)8-4-5-8/h7-8H,3-6H2,1-2H3,(H3,12,13,14,15,16). The van der Waals surface area contributed by atoms with Gasteiger partial charge < -0.3 is 15.8 Å². The Morgan fingerprint density at radius 2 is 2.18 bits per heavy atom. The lowest BCUT2D eigenvalue weighted by molar-refractivity contribution is 0.312. The third-order valence-electron chi connectivity index (χ3n) is 2.91. The second kappa shape index (κ2) is 5.16. The van der Waals surface area contributed by atoms with Crippen LogP contribution in [-0.2, 0) is 0 Å². The molecule has 0 aromatic carbocycles. The molecule has 6 nitrogen and oxygen atoms in total. The van der Waals surface area contributed by atoms with Gasteiger partial charge in [0.15, 0.2) is 0 Å². The van der Waals surface area contributed by atoms with Gasteiger partial charge in [-0.05, 0) is 31.6 Å². The minimum Gasteiger partial charge on any atom is -0.464 e. The highest BCUT2D eigenvalue weighted by atomic mass is 16.5. The zero-order valence-electron chi connectivity index (χ0n) is 10.3. The second-order valence-corrected chi connectivity index (χ2v) is 4.43. The van der Waals surface area contributed by atoms with Crippen LogP contribution in [-0.4, -0.2) is 28.1 Å². The Kier molecular flexibility index (Phi) is 3.61. The Balaban J connectivity index is 1.94. The SMILES string of the molecule is CCOc1nc(N)nc(NCC(C)C2CC2)n1. The molecule has 1 aromatic rings. The smallest absolute Gasteiger partial charge is 0.323 e. The third kappa shape index (κ3) is 3.44. The molecule has 1 aliphatic carbocycles. The van der Waals surface area contributed by atoms with Crippen molar-refractivity contribution in [3.8, 4) is 6.01 Å². The molecule has 17 heavy (non-hydrogen) atoms. The van der Waals surface area contributed by atoms with Gasteiger partial charge in [-0.25, -0.2) is 0 Å². The van der Waals surface area contributed by atoms with Gasteiger partial charge in [0.05, 0.1) is 6.61 Å². The number of rotatable bonds is 6. The summed E-state index contributed by atoms with van der Waals surface area (Å²) in [4.78, 5) is 12.1. The summed E-state index contributed by atoms with van der Waals surface area (Å²) in [6.07, 6.45) is 2.68. The Labute approximate surface area is 101 Å². The van der Waals surface area contributed by atoms with E-state index in [1.807, 2.05) is 6.92 Å². The number of hydrogen-bond acceptors (Lipinski definition) is 6. The van der Waals surface area contributed by atoms with Crippen LogP contribution in [0.15, 0.2) is 0 Å². The van der Waals surface area contributed by atoms with E-state index in [4.69, 9.17) is 10.5 Å². The van der Waals surface area contributed by atoms with Crippen LogP contribution < -0.4 is 15.8 Å². The number of anilines is 2. The van der Waals surface area contributed by atoms with Gasteiger partial charge in [-0.3, -0.25) is 0 Å². The molecule has 0 amide bonds. The van der Waals surface area contributed by atoms with Crippen molar-refractivity contribution in [3.05, 3.63) is 0 Å². The summed E-state index contributed by atoms with van der Waals surface area (Å²) in [5.74, 6) is 2.18. The maximum atomic E-state index is 5.59. The summed E-state index contributed by atoms with van der Waals surface area (Å²) in [7, 11) is 0. The van der Waals surface area contributed by atoms with Crippen LogP contribution in [0.2, 0.25) is 0 Å². The number of nitrogens with two attached hydrogens (primary N) is 1. The molecular weight excluding hydrogens is 218 g/mol. The lowest BCUT2D eigenvalue weighted by Crippen LogP contribution is -2.16. The summed E-state index contributed by atoms with van der Waals surface area (Å²) >= 11 is 0. The molecule has 3 N–H and O–H groups in total. The van der Waals surface area contributed by atoms with Crippen LogP contribution in [0.5, 0.6) is 6.01 Å². The number of nitrogen functional groups attached to an aromatic ring is 1. The first-order valence-corrected chi connectivity index (χ1v) is 6.07. The minimum atomic E-state index is 0.185. The first-order chi connectivity index (χ1) is 8.19. The molecule has 0 aliphatic heterocycles. The van der Waals surface area contributed by atoms with E-state index < -0.39 is 0 Å². The topological polar surface area (TPSA) is 86.0 Å². The average Bonchev–Trinajstić information content (AvgIpc) is 3.09. The highest BCUT2D eigenvalue weighted by Crippen LogP contribution is 2.36. The first kappa shape index (κ1) is 11.9. The summed E-state index contributed by atoms with van der Waals surface area (Å²) in [5, 5.41) is 3.18. The zero-order valence-corrected chi connectivity index (χ0v) is 10.3. The van der Waals surface area contributed by atoms with Gasteiger partial charge in [0.2, 0.25) is 11.9 Å². The summed E-state index contributed by atoms with van der Waals surface area (Å²) in [5.41, 5.74) is 5.59. The van der Waals surface area contributed by atoms with E-state index in [1.165, 1.54) is 12.8 Å².